The van der Waals surface area contributed by atoms with Gasteiger partial charge in [0.05, 0.1) is 0 Å². The van der Waals surface area contributed by atoms with E-state index in [1.165, 1.54) is 13.8 Å². The summed E-state index contributed by atoms with van der Waals surface area (Å²) >= 11 is 0. The Bertz CT molecular complexity index is 1060. The Morgan fingerprint density at radius 3 is 2.17 bits per heavy atom. The summed E-state index contributed by atoms with van der Waals surface area (Å²) in [7, 11) is 0. The maximum Gasteiger partial charge on any atom is 0.344 e. The number of hydrogen-bond donors (Lipinski definition) is 2. The molecule has 0 aliphatic heterocycles. The molecule has 0 fully saturated rings. The van der Waals surface area contributed by atoms with Crippen LogP contribution in [0.5, 0.6) is 5.75 Å². The van der Waals surface area contributed by atoms with Crippen molar-refractivity contribution in [1.29, 1.82) is 0 Å². The third kappa shape index (κ3) is 5.81. The Hall–Kier alpha value is -3.87. The molecule has 2 N–H and O–H groups in total. The fourth-order valence-corrected chi connectivity index (χ4v) is 2.77. The molecule has 0 saturated carbocycles. The van der Waals surface area contributed by atoms with Crippen LogP contribution in [0.2, 0.25) is 0 Å². The minimum Gasteiger partial charge on any atom is -0.482 e. The molecule has 0 spiro atoms. The molecule has 1 atom stereocenters. The molecule has 30 heavy (non-hydrogen) atoms. The Labute approximate surface area is 174 Å². The highest BCUT2D eigenvalue weighted by Crippen LogP contribution is 2.20. The maximum atomic E-state index is 12.2. The van der Waals surface area contributed by atoms with Crippen molar-refractivity contribution in [3.05, 3.63) is 66.7 Å². The lowest BCUT2D eigenvalue weighted by Gasteiger charge is -2.14. The molecule has 0 unspecified atom stereocenters. The van der Waals surface area contributed by atoms with Crippen LogP contribution in [-0.2, 0) is 19.1 Å². The number of rotatable bonds is 7. The molecule has 0 aliphatic rings. The lowest BCUT2D eigenvalue weighted by atomic mass is 10.1. The Morgan fingerprint density at radius 2 is 1.50 bits per heavy atom. The number of carbonyl (C=O) groups excluding carboxylic acids is 3. The first-order chi connectivity index (χ1) is 14.4. The molecule has 3 aromatic rings. The number of esters is 1. The first-order valence-corrected chi connectivity index (χ1v) is 9.40. The quantitative estimate of drug-likeness (QED) is 0.583. The number of amides is 2. The second-order valence-corrected chi connectivity index (χ2v) is 6.68. The third-order valence-electron chi connectivity index (χ3n) is 4.23. The summed E-state index contributed by atoms with van der Waals surface area (Å²) < 4.78 is 10.6. The van der Waals surface area contributed by atoms with Crippen molar-refractivity contribution in [2.75, 3.05) is 17.2 Å². The smallest absolute Gasteiger partial charge is 0.344 e. The van der Waals surface area contributed by atoms with Crippen LogP contribution >= 0.6 is 0 Å². The first kappa shape index (κ1) is 20.9. The van der Waals surface area contributed by atoms with Gasteiger partial charge in [0, 0.05) is 18.3 Å². The summed E-state index contributed by atoms with van der Waals surface area (Å²) in [5.74, 6) is -0.756. The van der Waals surface area contributed by atoms with Crippen LogP contribution in [0.15, 0.2) is 66.7 Å². The SMILES string of the molecule is CC(=O)Nc1ccc(NC(=O)[C@@H](C)OC(=O)COc2ccc3ccccc3c2)cc1. The number of carbonyl (C=O) groups is 3. The van der Waals surface area contributed by atoms with Gasteiger partial charge in [-0.15, -0.1) is 0 Å². The van der Waals surface area contributed by atoms with Gasteiger partial charge >= 0.3 is 5.97 Å². The molecule has 0 heterocycles. The monoisotopic (exact) mass is 406 g/mol. The fraction of sp³-hybridized carbons (Fsp3) is 0.174. The number of benzene rings is 3. The van der Waals surface area contributed by atoms with Crippen LogP contribution in [0, 0.1) is 0 Å². The average molecular weight is 406 g/mol. The standard InChI is InChI=1S/C23H22N2O5/c1-15(23(28)25-20-10-8-19(9-11-20)24-16(2)26)30-22(27)14-29-21-12-7-17-5-3-4-6-18(17)13-21/h3-13,15H,14H2,1-2H3,(H,24,26)(H,25,28)/t15-/m1/s1. The minimum atomic E-state index is -0.993. The topological polar surface area (TPSA) is 93.7 Å². The largest absolute Gasteiger partial charge is 0.482 e. The molecule has 2 amide bonds. The van der Waals surface area contributed by atoms with Gasteiger partial charge in [0.15, 0.2) is 12.7 Å². The summed E-state index contributed by atoms with van der Waals surface area (Å²) in [5.41, 5.74) is 1.13. The van der Waals surface area contributed by atoms with Gasteiger partial charge in [-0.05, 0) is 54.1 Å². The van der Waals surface area contributed by atoms with Crippen LogP contribution in [0.25, 0.3) is 10.8 Å². The predicted molar refractivity (Wildman–Crippen MR) is 114 cm³/mol. The zero-order valence-electron chi connectivity index (χ0n) is 16.7. The molecular formula is C23H22N2O5. The molecule has 3 aromatic carbocycles. The molecule has 0 saturated heterocycles. The van der Waals surface area contributed by atoms with E-state index in [4.69, 9.17) is 9.47 Å². The van der Waals surface area contributed by atoms with Gasteiger partial charge in [0.25, 0.3) is 5.91 Å². The van der Waals surface area contributed by atoms with Crippen LogP contribution in [-0.4, -0.2) is 30.5 Å². The summed E-state index contributed by atoms with van der Waals surface area (Å²) in [6.07, 6.45) is -0.993. The molecule has 0 radical (unpaired) electrons. The summed E-state index contributed by atoms with van der Waals surface area (Å²) in [6, 6.07) is 19.9. The lowest BCUT2D eigenvalue weighted by molar-refractivity contribution is -0.155. The van der Waals surface area contributed by atoms with Gasteiger partial charge in [0.2, 0.25) is 5.91 Å². The first-order valence-electron chi connectivity index (χ1n) is 9.40. The van der Waals surface area contributed by atoms with Crippen molar-refractivity contribution in [3.63, 3.8) is 0 Å². The number of anilines is 2. The van der Waals surface area contributed by atoms with Crippen molar-refractivity contribution in [2.45, 2.75) is 20.0 Å². The zero-order valence-corrected chi connectivity index (χ0v) is 16.7. The van der Waals surface area contributed by atoms with Crippen molar-refractivity contribution >= 4 is 39.9 Å². The van der Waals surface area contributed by atoms with E-state index in [1.807, 2.05) is 36.4 Å². The molecular weight excluding hydrogens is 384 g/mol. The van der Waals surface area contributed by atoms with Gasteiger partial charge in [0.1, 0.15) is 5.75 Å². The predicted octanol–water partition coefficient (Wildman–Crippen LogP) is 3.75. The lowest BCUT2D eigenvalue weighted by Crippen LogP contribution is -2.31. The van der Waals surface area contributed by atoms with Crippen LogP contribution < -0.4 is 15.4 Å². The van der Waals surface area contributed by atoms with E-state index in [9.17, 15) is 14.4 Å². The van der Waals surface area contributed by atoms with Crippen molar-refractivity contribution < 1.29 is 23.9 Å². The molecule has 3 rings (SSSR count). The molecule has 7 heteroatoms. The highest BCUT2D eigenvalue weighted by molar-refractivity contribution is 5.95. The minimum absolute atomic E-state index is 0.182. The van der Waals surface area contributed by atoms with E-state index >= 15 is 0 Å². The average Bonchev–Trinajstić information content (AvgIpc) is 2.73. The third-order valence-corrected chi connectivity index (χ3v) is 4.23. The number of hydrogen-bond acceptors (Lipinski definition) is 5. The van der Waals surface area contributed by atoms with Crippen LogP contribution in [0.3, 0.4) is 0 Å². The molecule has 0 aromatic heterocycles. The molecule has 0 aliphatic carbocycles. The van der Waals surface area contributed by atoms with E-state index in [0.29, 0.717) is 17.1 Å². The maximum absolute atomic E-state index is 12.2. The molecule has 7 nitrogen and oxygen atoms in total. The second-order valence-electron chi connectivity index (χ2n) is 6.68. The van der Waals surface area contributed by atoms with E-state index in [1.54, 1.807) is 30.3 Å². The summed E-state index contributed by atoms with van der Waals surface area (Å²) in [5, 5.41) is 7.36. The zero-order chi connectivity index (χ0) is 21.5. The van der Waals surface area contributed by atoms with Crippen molar-refractivity contribution in [1.82, 2.24) is 0 Å². The van der Waals surface area contributed by atoms with E-state index in [2.05, 4.69) is 10.6 Å². The fourth-order valence-electron chi connectivity index (χ4n) is 2.77. The van der Waals surface area contributed by atoms with Crippen molar-refractivity contribution in [2.24, 2.45) is 0 Å². The van der Waals surface area contributed by atoms with Crippen LogP contribution in [0.1, 0.15) is 13.8 Å². The Morgan fingerprint density at radius 1 is 0.867 bits per heavy atom. The van der Waals surface area contributed by atoms with Crippen LogP contribution in [0.4, 0.5) is 11.4 Å². The van der Waals surface area contributed by atoms with E-state index in [0.717, 1.165) is 10.8 Å². The number of fused-ring (bicyclic) bond motifs is 1. The van der Waals surface area contributed by atoms with Gasteiger partial charge in [-0.25, -0.2) is 4.79 Å². The van der Waals surface area contributed by atoms with Gasteiger partial charge in [-0.3, -0.25) is 9.59 Å². The Balaban J connectivity index is 1.48. The van der Waals surface area contributed by atoms with E-state index in [-0.39, 0.29) is 12.5 Å². The summed E-state index contributed by atoms with van der Waals surface area (Å²) in [6.45, 7) is 2.59. The van der Waals surface area contributed by atoms with E-state index < -0.39 is 18.0 Å². The van der Waals surface area contributed by atoms with Crippen molar-refractivity contribution in [3.8, 4) is 5.75 Å². The number of nitrogens with one attached hydrogen (secondary N) is 2. The van der Waals surface area contributed by atoms with Gasteiger partial charge in [-0.2, -0.15) is 0 Å². The normalized spacial score (nSPS) is 11.4. The second kappa shape index (κ2) is 9.56. The molecule has 0 bridgehead atoms. The molecule has 154 valence electrons. The van der Waals surface area contributed by atoms with Gasteiger partial charge in [-0.1, -0.05) is 30.3 Å². The Kier molecular flexibility index (Phi) is 6.64. The highest BCUT2D eigenvalue weighted by atomic mass is 16.6. The highest BCUT2D eigenvalue weighted by Gasteiger charge is 2.18. The van der Waals surface area contributed by atoms with Gasteiger partial charge < -0.3 is 20.1 Å². The summed E-state index contributed by atoms with van der Waals surface area (Å²) in [4.78, 5) is 35.3. The number of ether oxygens (including phenoxy) is 2.